The first-order valence-electron chi connectivity index (χ1n) is 4.51. The minimum atomic E-state index is -1.38. The Balaban J connectivity index is 4.20. The van der Waals surface area contributed by atoms with E-state index in [0.717, 1.165) is 0 Å². The van der Waals surface area contributed by atoms with E-state index in [1.54, 1.807) is 0 Å². The second-order valence-corrected chi connectivity index (χ2v) is 4.48. The Morgan fingerprint density at radius 2 is 1.71 bits per heavy atom. The molecule has 0 bridgehead atoms. The van der Waals surface area contributed by atoms with Crippen molar-refractivity contribution in [2.45, 2.75) is 51.8 Å². The lowest BCUT2D eigenvalue weighted by Gasteiger charge is -2.18. The maximum atomic E-state index is 10.3. The predicted octanol–water partition coefficient (Wildman–Crippen LogP) is 1.81. The first kappa shape index (κ1) is 13.0. The van der Waals surface area contributed by atoms with Crippen molar-refractivity contribution in [3.05, 3.63) is 0 Å². The summed E-state index contributed by atoms with van der Waals surface area (Å²) < 4.78 is 0. The molecule has 0 aliphatic rings. The summed E-state index contributed by atoms with van der Waals surface area (Å²) in [5, 5.41) is 25.6. The zero-order valence-electron chi connectivity index (χ0n) is 9.11. The number of aliphatic hydroxyl groups is 1. The van der Waals surface area contributed by atoms with Crippen LogP contribution < -0.4 is 0 Å². The van der Waals surface area contributed by atoms with E-state index >= 15 is 0 Å². The van der Waals surface area contributed by atoms with Gasteiger partial charge in [-0.1, -0.05) is 0 Å². The van der Waals surface area contributed by atoms with Gasteiger partial charge in [-0.15, -0.1) is 0 Å². The third kappa shape index (κ3) is 7.67. The fraction of sp³-hybridized carbons (Fsp3) is 0.889. The maximum absolute atomic E-state index is 10.3. The van der Waals surface area contributed by atoms with Gasteiger partial charge in [0.05, 0.1) is 12.0 Å². The minimum absolute atomic E-state index is 0.0713. The van der Waals surface area contributed by atoms with Crippen LogP contribution in [0.2, 0.25) is 0 Å². The van der Waals surface area contributed by atoms with Crippen LogP contribution in [-0.4, -0.2) is 27.4 Å². The smallest absolute Gasteiger partial charge is 0.303 e. The second-order valence-electron chi connectivity index (χ2n) is 4.48. The summed E-state index contributed by atoms with van der Waals surface area (Å²) in [5.74, 6) is -0.948. The molecule has 82 valence electrons. The van der Waals surface area contributed by atoms with Crippen LogP contribution in [0, 0.1) is 0 Å². The van der Waals surface area contributed by atoms with Gasteiger partial charge in [0, 0.05) is 6.42 Å². The van der Waals surface area contributed by atoms with Crippen molar-refractivity contribution in [3.8, 4) is 0 Å². The summed E-state index contributed by atoms with van der Waals surface area (Å²) in [4.78, 5) is 10.3. The molecule has 0 radical (unpaired) electrons. The first-order chi connectivity index (χ1) is 6.12. The Kier molecular flexibility index (Phi) is 4.19. The Labute approximate surface area is 83.9 Å². The van der Waals surface area contributed by atoms with Crippen LogP contribution in [0.15, 0.2) is 10.2 Å². The quantitative estimate of drug-likeness (QED) is 0.682. The molecule has 1 atom stereocenters. The number of aliphatic carboxylic acids is 1. The molecule has 0 aliphatic heterocycles. The highest BCUT2D eigenvalue weighted by molar-refractivity contribution is 5.66. The summed E-state index contributed by atoms with van der Waals surface area (Å²) >= 11 is 0. The number of carbonyl (C=O) groups is 1. The Morgan fingerprint density at radius 1 is 1.21 bits per heavy atom. The third-order valence-electron chi connectivity index (χ3n) is 1.38. The molecule has 14 heavy (non-hydrogen) atoms. The van der Waals surface area contributed by atoms with E-state index < -0.39 is 11.7 Å². The fourth-order valence-corrected chi connectivity index (χ4v) is 0.651. The van der Waals surface area contributed by atoms with Gasteiger partial charge < -0.3 is 10.2 Å². The second kappa shape index (κ2) is 4.50. The lowest BCUT2D eigenvalue weighted by atomic mass is 10.1. The van der Waals surface area contributed by atoms with Gasteiger partial charge >= 0.3 is 5.97 Å². The number of hydrogen-bond acceptors (Lipinski definition) is 4. The topological polar surface area (TPSA) is 82.2 Å². The molecule has 0 fully saturated rings. The molecule has 5 heteroatoms. The molecule has 5 nitrogen and oxygen atoms in total. The van der Waals surface area contributed by atoms with Crippen LogP contribution in [0.4, 0.5) is 0 Å². The van der Waals surface area contributed by atoms with Crippen LogP contribution in [-0.2, 0) is 4.79 Å². The van der Waals surface area contributed by atoms with E-state index in [1.165, 1.54) is 6.92 Å². The molecule has 0 aromatic heterocycles. The molecule has 0 saturated heterocycles. The number of azo groups is 1. The zero-order chi connectivity index (χ0) is 11.4. The predicted molar refractivity (Wildman–Crippen MR) is 52.1 cm³/mol. The van der Waals surface area contributed by atoms with Crippen molar-refractivity contribution in [1.29, 1.82) is 0 Å². The van der Waals surface area contributed by atoms with Crippen LogP contribution in [0.3, 0.4) is 0 Å². The summed E-state index contributed by atoms with van der Waals surface area (Å²) in [6.45, 7) is 7.00. The van der Waals surface area contributed by atoms with Gasteiger partial charge in [0.2, 0.25) is 0 Å². The van der Waals surface area contributed by atoms with E-state index in [1.807, 2.05) is 20.8 Å². The van der Waals surface area contributed by atoms with Crippen molar-refractivity contribution < 1.29 is 15.0 Å². The molecule has 0 aromatic carbocycles. The first-order valence-corrected chi connectivity index (χ1v) is 4.51. The van der Waals surface area contributed by atoms with E-state index in [0.29, 0.717) is 0 Å². The zero-order valence-corrected chi connectivity index (χ0v) is 9.11. The normalized spacial score (nSPS) is 16.9. The van der Waals surface area contributed by atoms with E-state index in [9.17, 15) is 9.90 Å². The van der Waals surface area contributed by atoms with E-state index in [2.05, 4.69) is 10.2 Å². The molecule has 0 aliphatic carbocycles. The molecule has 2 N–H and O–H groups in total. The maximum Gasteiger partial charge on any atom is 0.303 e. The molecule has 0 heterocycles. The summed E-state index contributed by atoms with van der Waals surface area (Å²) in [5.41, 5.74) is -1.74. The van der Waals surface area contributed by atoms with Crippen molar-refractivity contribution >= 4 is 5.97 Å². The van der Waals surface area contributed by atoms with Crippen molar-refractivity contribution in [1.82, 2.24) is 0 Å². The van der Waals surface area contributed by atoms with Crippen molar-refractivity contribution in [2.75, 3.05) is 0 Å². The van der Waals surface area contributed by atoms with Crippen LogP contribution >= 0.6 is 0 Å². The molecule has 0 saturated carbocycles. The molecule has 0 spiro atoms. The van der Waals surface area contributed by atoms with Gasteiger partial charge in [0.15, 0.2) is 5.72 Å². The SMILES string of the molecule is CC(C)(C)/N=N/C(C)(O)CCC(=O)O. The highest BCUT2D eigenvalue weighted by Crippen LogP contribution is 2.17. The molecule has 1 unspecified atom stereocenters. The molecule has 0 amide bonds. The Hall–Kier alpha value is -0.970. The highest BCUT2D eigenvalue weighted by atomic mass is 16.4. The Bertz CT molecular complexity index is 229. The van der Waals surface area contributed by atoms with Gasteiger partial charge in [-0.25, -0.2) is 0 Å². The fourth-order valence-electron chi connectivity index (χ4n) is 0.651. The van der Waals surface area contributed by atoms with Gasteiger partial charge in [-0.3, -0.25) is 4.79 Å². The van der Waals surface area contributed by atoms with Crippen LogP contribution in [0.1, 0.15) is 40.5 Å². The summed E-state index contributed by atoms with van der Waals surface area (Å²) in [6.07, 6.45) is -0.0436. The lowest BCUT2D eigenvalue weighted by Crippen LogP contribution is -2.23. The number of carboxylic acid groups (broad SMARTS) is 1. The van der Waals surface area contributed by atoms with E-state index in [-0.39, 0.29) is 18.4 Å². The largest absolute Gasteiger partial charge is 0.481 e. The summed E-state index contributed by atoms with van der Waals surface area (Å²) in [6, 6.07) is 0. The monoisotopic (exact) mass is 202 g/mol. The van der Waals surface area contributed by atoms with Gasteiger partial charge in [-0.05, 0) is 27.7 Å². The number of rotatable bonds is 4. The average Bonchev–Trinajstić information content (AvgIpc) is 1.97. The van der Waals surface area contributed by atoms with Crippen molar-refractivity contribution in [2.24, 2.45) is 10.2 Å². The number of hydrogen-bond donors (Lipinski definition) is 2. The average molecular weight is 202 g/mol. The third-order valence-corrected chi connectivity index (χ3v) is 1.38. The molecular weight excluding hydrogens is 184 g/mol. The van der Waals surface area contributed by atoms with Gasteiger partial charge in [0.25, 0.3) is 0 Å². The Morgan fingerprint density at radius 3 is 2.07 bits per heavy atom. The number of carboxylic acids is 1. The molecule has 0 aromatic rings. The minimum Gasteiger partial charge on any atom is -0.481 e. The molecule has 0 rings (SSSR count). The highest BCUT2D eigenvalue weighted by Gasteiger charge is 2.21. The van der Waals surface area contributed by atoms with Crippen molar-refractivity contribution in [3.63, 3.8) is 0 Å². The van der Waals surface area contributed by atoms with Gasteiger partial charge in [-0.2, -0.15) is 10.2 Å². The number of nitrogens with zero attached hydrogens (tertiary/aromatic N) is 2. The van der Waals surface area contributed by atoms with Crippen LogP contribution in [0.5, 0.6) is 0 Å². The summed E-state index contributed by atoms with van der Waals surface area (Å²) in [7, 11) is 0. The lowest BCUT2D eigenvalue weighted by molar-refractivity contribution is -0.138. The standard InChI is InChI=1S/C9H18N2O3/c1-8(2,3)10-11-9(4,14)6-5-7(12)13/h14H,5-6H2,1-4H3,(H,12,13)/b11-10+. The molecular formula is C9H18N2O3. The van der Waals surface area contributed by atoms with Crippen LogP contribution in [0.25, 0.3) is 0 Å². The van der Waals surface area contributed by atoms with E-state index in [4.69, 9.17) is 5.11 Å². The van der Waals surface area contributed by atoms with Gasteiger partial charge in [0.1, 0.15) is 0 Å².